The van der Waals surface area contributed by atoms with E-state index in [4.69, 9.17) is 24.0 Å². The molecule has 3 heterocycles. The maximum atomic E-state index is 14.2. The molecule has 784 valence electrons. The van der Waals surface area contributed by atoms with Crippen molar-refractivity contribution in [2.24, 2.45) is 74.1 Å². The first kappa shape index (κ1) is 104. The zero-order valence-electron chi connectivity index (χ0n) is 84.3. The first-order valence-corrected chi connectivity index (χ1v) is 56.6. The Morgan fingerprint density at radius 1 is 0.409 bits per heavy atom. The van der Waals surface area contributed by atoms with Gasteiger partial charge in [0.2, 0.25) is 65.5 Å². The molecule has 3 aliphatic heterocycles. The lowest BCUT2D eigenvalue weighted by atomic mass is 9.85. The van der Waals surface area contributed by atoms with Crippen LogP contribution >= 0.6 is 0 Å². The standard InChI is InChI=1S/C39H44N4O9S.2C37H42N4O6S/c1-5-22-21-39(22,37(47)43-53(48,49)25-13-14-25)41-35(45)31-20-24-19-30(31)34(44)40-33(38(2,3)4)36(46)51-17-9-8-16-50-23-12-15-27-26-10-6-7-11-28(26)32(42-52-24)29(27)18-23;2*1-3-24-22-37(24,36(44)40-48(45,46)26-15-16-26)38-34(42)31-20-25-21-32(31)35(43)41(2)18-10-6-4-5-7-11-23-14-17-28-27-12-8-9-13-29(27)33(39-47-25)30(28)19-23/h5-12,15,18,22,24-25,30-31,33H,1,13-14,16-17,19-21H2,2-4H3,(H,40,44)(H,41,45)(H,43,47);2*3,7-9,11-14,17,19,24-26,31-32H,1,4-6,10,15-16,18,20-22H2,2H3,(H,38,42)(H,40,44)/b9-8+,42-32+;11-7+,39-33+;11-7+,39-33-/t22-,24+,30-,31-,33+,39-;2*24-,25-,31-,32-,37-/m111/s1. The normalized spacial score (nSPS) is 30.0. The number of hydrogen-bond donors (Lipinski definition) is 7. The Morgan fingerprint density at radius 3 is 1.10 bits per heavy atom. The summed E-state index contributed by atoms with van der Waals surface area (Å²) in [7, 11) is -7.99. The highest BCUT2D eigenvalue weighted by Crippen LogP contribution is 2.52. The number of ether oxygens (including phenoxy) is 2. The molecular weight excluding hydrogens is 1960 g/mol. The third-order valence-corrected chi connectivity index (χ3v) is 37.2. The van der Waals surface area contributed by atoms with Gasteiger partial charge in [-0.15, -0.1) is 19.7 Å². The Labute approximate surface area is 868 Å². The molecule has 33 nitrogen and oxygen atoms in total. The fraction of sp³-hybridized carbons (Fsp3) is 0.460. The molecule has 149 heavy (non-hydrogen) atoms. The number of fused-ring (bicyclic) bond motifs is 18. The molecule has 12 aliphatic carbocycles. The first-order chi connectivity index (χ1) is 71.4. The molecule has 0 spiro atoms. The van der Waals surface area contributed by atoms with E-state index < -0.39 is 193 Å². The molecule has 0 aromatic heterocycles. The quantitative estimate of drug-likeness (QED) is 0.0310. The highest BCUT2D eigenvalue weighted by molar-refractivity contribution is 7.91. The Balaban J connectivity index is 0.000000141. The van der Waals surface area contributed by atoms with Crippen LogP contribution in [-0.4, -0.2) is 208 Å². The molecule has 0 unspecified atom stereocenters. The van der Waals surface area contributed by atoms with Crippen molar-refractivity contribution in [3.63, 3.8) is 0 Å². The van der Waals surface area contributed by atoms with Crippen molar-refractivity contribution in [2.75, 3.05) is 40.4 Å². The first-order valence-electron chi connectivity index (χ1n) is 52.0. The Kier molecular flexibility index (Phi) is 29.4. The van der Waals surface area contributed by atoms with Crippen molar-refractivity contribution in [2.45, 2.75) is 225 Å². The van der Waals surface area contributed by atoms with E-state index in [-0.39, 0.29) is 82.8 Å². The van der Waals surface area contributed by atoms with E-state index in [0.29, 0.717) is 74.5 Å². The second kappa shape index (κ2) is 42.2. The zero-order chi connectivity index (χ0) is 105. The average Bonchev–Trinajstić information content (AvgIpc) is 1.56. The fourth-order valence-corrected chi connectivity index (χ4v) is 26.4. The monoisotopic (exact) mass is 2080 g/mol. The second-order valence-electron chi connectivity index (χ2n) is 43.3. The van der Waals surface area contributed by atoms with Crippen LogP contribution in [0.1, 0.15) is 213 Å². The lowest BCUT2D eigenvalue weighted by molar-refractivity contribution is -0.150. The van der Waals surface area contributed by atoms with Gasteiger partial charge in [0.1, 0.15) is 77.1 Å². The van der Waals surface area contributed by atoms with Crippen molar-refractivity contribution in [1.82, 2.24) is 45.2 Å². The summed E-state index contributed by atoms with van der Waals surface area (Å²) < 4.78 is 93.8. The number of nitrogens with zero attached hydrogens (tertiary/aromatic N) is 5. The van der Waals surface area contributed by atoms with Crippen LogP contribution in [0, 0.1) is 58.7 Å². The highest BCUT2D eigenvalue weighted by Gasteiger charge is 2.66. The van der Waals surface area contributed by atoms with Crippen LogP contribution in [0.15, 0.2) is 205 Å². The summed E-state index contributed by atoms with van der Waals surface area (Å²) in [6.45, 7) is 18.0. The minimum atomic E-state index is -3.89. The number of carbonyl (C=O) groups is 10. The Morgan fingerprint density at radius 2 is 0.745 bits per heavy atom. The molecular formula is C113H128N12O21S3. The predicted molar refractivity (Wildman–Crippen MR) is 561 cm³/mol. The highest BCUT2D eigenvalue weighted by atomic mass is 32.2. The number of rotatable bonds is 18. The van der Waals surface area contributed by atoms with E-state index in [9.17, 15) is 73.2 Å². The molecule has 9 fully saturated rings. The SMILES string of the molecule is C=C[C@@H]1C[C@]1(NC(=O)[C@@H]1C[C@@H]2C[C@H]1C(=O)N(C)CCCCC/C=C/c1ccc3c(c1)/C(=N/O2)c1ccccc1-3)C(=O)NS(=O)(=O)C1CC1.C=C[C@@H]1C[C@]1(NC(=O)[C@@H]1C[C@@H]2C[C@H]1C(=O)N(C)CCCCC/C=C/c1ccc3c(c1)/C(=N\O2)c1ccccc1-3)C(=O)NS(=O)(=O)C1CC1.C=C[C@@H]1C[C@]1(NC(=O)[C@@H]1C[C@@H]2C[C@H]1C(=O)N[C@H](C(C)(C)C)C(=O)OC/C=C/COc1ccc3c(c1)/C(=N/O2)c1ccccc1-3)C(=O)NS(=O)(=O)C1CC1. The molecule has 21 rings (SSSR count). The summed E-state index contributed by atoms with van der Waals surface area (Å²) in [5.41, 5.74) is 10.8. The van der Waals surface area contributed by atoms with Crippen LogP contribution in [0.2, 0.25) is 0 Å². The molecule has 16 atom stereocenters. The van der Waals surface area contributed by atoms with E-state index >= 15 is 0 Å². The minimum absolute atomic E-state index is 0.0452. The molecule has 12 bridgehead atoms. The van der Waals surface area contributed by atoms with Crippen LogP contribution in [0.5, 0.6) is 5.75 Å². The van der Waals surface area contributed by atoms with Gasteiger partial charge >= 0.3 is 5.97 Å². The lowest BCUT2D eigenvalue weighted by Crippen LogP contribution is -2.55. The van der Waals surface area contributed by atoms with Gasteiger partial charge < -0.3 is 55.1 Å². The van der Waals surface area contributed by atoms with Crippen LogP contribution < -0.4 is 40.2 Å². The predicted octanol–water partition coefficient (Wildman–Crippen LogP) is 12.6. The van der Waals surface area contributed by atoms with Crippen molar-refractivity contribution in [1.29, 1.82) is 0 Å². The summed E-state index contributed by atoms with van der Waals surface area (Å²) >= 11 is 0. The molecule has 9 amide bonds. The van der Waals surface area contributed by atoms with Gasteiger partial charge in [0.15, 0.2) is 0 Å². The molecule has 7 N–H and O–H groups in total. The molecule has 15 aliphatic rings. The summed E-state index contributed by atoms with van der Waals surface area (Å²) in [4.78, 5) is 160. The second-order valence-corrected chi connectivity index (χ2v) is 49.2. The summed E-state index contributed by atoms with van der Waals surface area (Å²) in [5, 5.41) is 23.6. The molecule has 36 heteroatoms. The van der Waals surface area contributed by atoms with Gasteiger partial charge in [-0.3, -0.25) is 57.3 Å². The largest absolute Gasteiger partial charge is 0.490 e. The number of benzene rings is 6. The maximum Gasteiger partial charge on any atom is 0.329 e. The van der Waals surface area contributed by atoms with E-state index in [1.165, 1.54) is 6.08 Å². The van der Waals surface area contributed by atoms with Gasteiger partial charge in [-0.25, -0.2) is 30.0 Å². The van der Waals surface area contributed by atoms with Gasteiger partial charge in [0.25, 0.3) is 17.7 Å². The van der Waals surface area contributed by atoms with Crippen molar-refractivity contribution in [3.8, 4) is 39.1 Å². The van der Waals surface area contributed by atoms with Crippen molar-refractivity contribution >= 4 is 118 Å². The summed E-state index contributed by atoms with van der Waals surface area (Å²) in [5.74, 6) is -11.1. The smallest absolute Gasteiger partial charge is 0.329 e. The molecule has 0 radical (unpaired) electrons. The van der Waals surface area contributed by atoms with E-state index in [1.54, 1.807) is 69.0 Å². The van der Waals surface area contributed by atoms with Gasteiger partial charge in [-0.05, 0) is 227 Å². The minimum Gasteiger partial charge on any atom is -0.490 e. The number of sulfonamides is 3. The number of nitrogens with one attached hydrogen (secondary N) is 7. The number of amides is 9. The number of carbonyl (C=O) groups excluding carboxylic acids is 10. The number of allylic oxidation sites excluding steroid dienone is 2. The number of hydrogen-bond acceptors (Lipinski definition) is 24. The van der Waals surface area contributed by atoms with Crippen LogP contribution in [0.3, 0.4) is 0 Å². The summed E-state index contributed by atoms with van der Waals surface area (Å²) in [6, 6.07) is 41.3. The van der Waals surface area contributed by atoms with E-state index in [2.05, 4.69) is 143 Å². The molecule has 0 saturated heterocycles. The molecule has 6 aromatic carbocycles. The van der Waals surface area contributed by atoms with Crippen LogP contribution in [0.4, 0.5) is 0 Å². The topological polar surface area (TPSA) is 447 Å². The lowest BCUT2D eigenvalue weighted by Gasteiger charge is -2.31. The van der Waals surface area contributed by atoms with Gasteiger partial charge in [-0.1, -0.05) is 189 Å². The van der Waals surface area contributed by atoms with E-state index in [0.717, 1.165) is 129 Å². The van der Waals surface area contributed by atoms with Gasteiger partial charge in [0, 0.05) is 78.3 Å². The van der Waals surface area contributed by atoms with Crippen molar-refractivity contribution < 1.29 is 97.2 Å². The van der Waals surface area contributed by atoms with Crippen molar-refractivity contribution in [3.05, 3.63) is 234 Å². The average molecular weight is 2090 g/mol. The number of oxime groups is 3. The fourth-order valence-electron chi connectivity index (χ4n) is 22.3. The molecule has 9 saturated carbocycles. The van der Waals surface area contributed by atoms with Gasteiger partial charge in [-0.2, -0.15) is 0 Å². The maximum absolute atomic E-state index is 14.2. The third-order valence-electron chi connectivity index (χ3n) is 31.8. The number of cyclic esters (lactones) is 1. The Bertz CT molecular complexity index is 6730. The summed E-state index contributed by atoms with van der Waals surface area (Å²) in [6.07, 6.45) is 27.1. The third kappa shape index (κ3) is 21.9. The van der Waals surface area contributed by atoms with Gasteiger partial charge in [0.05, 0.1) is 51.3 Å². The van der Waals surface area contributed by atoms with Crippen LogP contribution in [0.25, 0.3) is 45.5 Å². The number of esters is 1. The Hall–Kier alpha value is -13.5. The zero-order valence-corrected chi connectivity index (χ0v) is 86.8. The molecule has 6 aromatic rings. The van der Waals surface area contributed by atoms with E-state index in [1.807, 2.05) is 78.9 Å². The van der Waals surface area contributed by atoms with Crippen LogP contribution in [-0.2, 0) is 97.3 Å².